The van der Waals surface area contributed by atoms with Crippen molar-refractivity contribution in [2.45, 2.75) is 32.7 Å². The van der Waals surface area contributed by atoms with Crippen molar-refractivity contribution in [3.05, 3.63) is 0 Å². The number of hydrogen-bond donors (Lipinski definition) is 2. The molecule has 0 bridgehead atoms. The molecule has 0 aromatic heterocycles. The Morgan fingerprint density at radius 1 is 1.39 bits per heavy atom. The topological polar surface area (TPSA) is 61.4 Å². The Bertz CT molecular complexity index is 330. The normalized spacial score (nSPS) is 22.6. The van der Waals surface area contributed by atoms with Gasteiger partial charge >= 0.3 is 0 Å². The Labute approximate surface area is 111 Å². The van der Waals surface area contributed by atoms with Gasteiger partial charge in [0.2, 0.25) is 10.0 Å². The molecule has 2 N–H and O–H groups in total. The lowest BCUT2D eigenvalue weighted by molar-refractivity contribution is 0.211. The number of nitrogens with zero attached hydrogens (tertiary/aromatic N) is 1. The molecule has 108 valence electrons. The fraction of sp³-hybridized carbons (Fsp3) is 1.00. The summed E-state index contributed by atoms with van der Waals surface area (Å²) in [5, 5.41) is 3.12. The highest BCUT2D eigenvalue weighted by atomic mass is 32.2. The summed E-state index contributed by atoms with van der Waals surface area (Å²) < 4.78 is 26.3. The first kappa shape index (κ1) is 15.9. The minimum atomic E-state index is -3.13. The summed E-state index contributed by atoms with van der Waals surface area (Å²) in [6, 6.07) is 0.326. The molecule has 1 heterocycles. The molecule has 0 aromatic carbocycles. The molecule has 1 aliphatic heterocycles. The molecule has 18 heavy (non-hydrogen) atoms. The average molecular weight is 277 g/mol. The molecule has 0 amide bonds. The van der Waals surface area contributed by atoms with E-state index in [1.54, 1.807) is 0 Å². The van der Waals surface area contributed by atoms with Gasteiger partial charge in [-0.3, -0.25) is 0 Å². The molecule has 5 nitrogen and oxygen atoms in total. The first-order valence-electron chi connectivity index (χ1n) is 6.78. The Hall–Kier alpha value is -0.170. The van der Waals surface area contributed by atoms with Gasteiger partial charge in [0.1, 0.15) is 0 Å². The second-order valence-electron chi connectivity index (χ2n) is 5.55. The summed E-state index contributed by atoms with van der Waals surface area (Å²) in [6.45, 7) is 7.23. The van der Waals surface area contributed by atoms with Gasteiger partial charge in [0.25, 0.3) is 0 Å². The number of likely N-dealkylation sites (tertiary alicyclic amines) is 1. The highest BCUT2D eigenvalue weighted by Crippen LogP contribution is 2.14. The molecule has 1 saturated heterocycles. The second-order valence-corrected chi connectivity index (χ2v) is 7.47. The lowest BCUT2D eigenvalue weighted by Crippen LogP contribution is -2.41. The van der Waals surface area contributed by atoms with Gasteiger partial charge in [-0.1, -0.05) is 13.8 Å². The van der Waals surface area contributed by atoms with Crippen molar-refractivity contribution in [1.82, 2.24) is 14.9 Å². The van der Waals surface area contributed by atoms with Gasteiger partial charge in [0, 0.05) is 25.7 Å². The van der Waals surface area contributed by atoms with Gasteiger partial charge in [0.05, 0.1) is 5.75 Å². The SMILES string of the molecule is CC(C)NCCS(=O)(=O)NCC1CCCN(C)C1. The maximum atomic E-state index is 11.8. The van der Waals surface area contributed by atoms with Crippen LogP contribution in [0.2, 0.25) is 0 Å². The van der Waals surface area contributed by atoms with E-state index >= 15 is 0 Å². The quantitative estimate of drug-likeness (QED) is 0.700. The zero-order valence-electron chi connectivity index (χ0n) is 11.8. The Morgan fingerprint density at radius 3 is 2.72 bits per heavy atom. The molecule has 0 aromatic rings. The number of nitrogens with one attached hydrogen (secondary N) is 2. The van der Waals surface area contributed by atoms with Crippen LogP contribution >= 0.6 is 0 Å². The highest BCUT2D eigenvalue weighted by molar-refractivity contribution is 7.89. The summed E-state index contributed by atoms with van der Waals surface area (Å²) in [7, 11) is -1.03. The second kappa shape index (κ2) is 7.43. The lowest BCUT2D eigenvalue weighted by Gasteiger charge is -2.29. The molecule has 1 unspecified atom stereocenters. The van der Waals surface area contributed by atoms with Crippen molar-refractivity contribution in [3.8, 4) is 0 Å². The van der Waals surface area contributed by atoms with Crippen molar-refractivity contribution >= 4 is 10.0 Å². The fourth-order valence-electron chi connectivity index (χ4n) is 2.24. The molecular formula is C12H27N3O2S. The average Bonchev–Trinajstić information content (AvgIpc) is 2.26. The van der Waals surface area contributed by atoms with E-state index in [0.29, 0.717) is 25.0 Å². The van der Waals surface area contributed by atoms with Gasteiger partial charge in [-0.15, -0.1) is 0 Å². The van der Waals surface area contributed by atoms with Gasteiger partial charge in [-0.2, -0.15) is 0 Å². The van der Waals surface area contributed by atoms with E-state index in [1.807, 2.05) is 13.8 Å². The van der Waals surface area contributed by atoms with Gasteiger partial charge in [-0.05, 0) is 32.4 Å². The van der Waals surface area contributed by atoms with Crippen molar-refractivity contribution in [2.24, 2.45) is 5.92 Å². The van der Waals surface area contributed by atoms with Crippen LogP contribution in [0.1, 0.15) is 26.7 Å². The largest absolute Gasteiger partial charge is 0.313 e. The van der Waals surface area contributed by atoms with Crippen LogP contribution in [0.15, 0.2) is 0 Å². The molecule has 1 atom stereocenters. The fourth-order valence-corrected chi connectivity index (χ4v) is 3.26. The predicted molar refractivity (Wildman–Crippen MR) is 75.1 cm³/mol. The van der Waals surface area contributed by atoms with E-state index in [9.17, 15) is 8.42 Å². The molecule has 1 rings (SSSR count). The third-order valence-electron chi connectivity index (χ3n) is 3.24. The van der Waals surface area contributed by atoms with E-state index in [2.05, 4.69) is 22.0 Å². The maximum Gasteiger partial charge on any atom is 0.212 e. The van der Waals surface area contributed by atoms with E-state index in [0.717, 1.165) is 25.9 Å². The minimum Gasteiger partial charge on any atom is -0.313 e. The molecule has 1 fully saturated rings. The zero-order valence-corrected chi connectivity index (χ0v) is 12.6. The summed E-state index contributed by atoms with van der Waals surface area (Å²) >= 11 is 0. The maximum absolute atomic E-state index is 11.8. The van der Waals surface area contributed by atoms with Crippen LogP contribution in [0, 0.1) is 5.92 Å². The monoisotopic (exact) mass is 277 g/mol. The first-order chi connectivity index (χ1) is 8.39. The third-order valence-corrected chi connectivity index (χ3v) is 4.59. The Kier molecular flexibility index (Phi) is 6.55. The van der Waals surface area contributed by atoms with Crippen molar-refractivity contribution in [2.75, 3.05) is 39.0 Å². The third kappa shape index (κ3) is 6.68. The van der Waals surface area contributed by atoms with E-state index < -0.39 is 10.0 Å². The molecule has 0 aliphatic carbocycles. The van der Waals surface area contributed by atoms with Crippen LogP contribution in [-0.4, -0.2) is 58.3 Å². The van der Waals surface area contributed by atoms with Crippen molar-refractivity contribution in [3.63, 3.8) is 0 Å². The Morgan fingerprint density at radius 2 is 2.11 bits per heavy atom. The standard InChI is InChI=1S/C12H27N3O2S/c1-11(2)13-6-8-18(16,17)14-9-12-5-4-7-15(3)10-12/h11-14H,4-10H2,1-3H3. The zero-order chi connectivity index (χ0) is 13.6. The number of piperidine rings is 1. The van der Waals surface area contributed by atoms with Gasteiger partial charge < -0.3 is 10.2 Å². The summed E-state index contributed by atoms with van der Waals surface area (Å²) in [5.74, 6) is 0.616. The summed E-state index contributed by atoms with van der Waals surface area (Å²) in [6.07, 6.45) is 2.29. The van der Waals surface area contributed by atoms with Crippen LogP contribution in [0.5, 0.6) is 0 Å². The Balaban J connectivity index is 2.24. The van der Waals surface area contributed by atoms with E-state index in [-0.39, 0.29) is 5.75 Å². The minimum absolute atomic E-state index is 0.160. The molecule has 1 aliphatic rings. The summed E-state index contributed by atoms with van der Waals surface area (Å²) in [4.78, 5) is 2.27. The van der Waals surface area contributed by atoms with Crippen LogP contribution in [-0.2, 0) is 10.0 Å². The molecule has 0 radical (unpaired) electrons. The number of hydrogen-bond acceptors (Lipinski definition) is 4. The van der Waals surface area contributed by atoms with E-state index in [4.69, 9.17) is 0 Å². The number of rotatable bonds is 7. The van der Waals surface area contributed by atoms with Crippen LogP contribution in [0.25, 0.3) is 0 Å². The summed E-state index contributed by atoms with van der Waals surface area (Å²) in [5.41, 5.74) is 0. The lowest BCUT2D eigenvalue weighted by atomic mass is 9.99. The van der Waals surface area contributed by atoms with Gasteiger partial charge in [-0.25, -0.2) is 13.1 Å². The van der Waals surface area contributed by atoms with Crippen molar-refractivity contribution in [1.29, 1.82) is 0 Å². The molecular weight excluding hydrogens is 250 g/mol. The van der Waals surface area contributed by atoms with Crippen molar-refractivity contribution < 1.29 is 8.42 Å². The first-order valence-corrected chi connectivity index (χ1v) is 8.43. The van der Waals surface area contributed by atoms with E-state index in [1.165, 1.54) is 0 Å². The molecule has 6 heteroatoms. The molecule has 0 spiro atoms. The highest BCUT2D eigenvalue weighted by Gasteiger charge is 2.19. The smallest absolute Gasteiger partial charge is 0.212 e. The molecule has 0 saturated carbocycles. The van der Waals surface area contributed by atoms with Crippen LogP contribution < -0.4 is 10.0 Å². The van der Waals surface area contributed by atoms with Gasteiger partial charge in [0.15, 0.2) is 0 Å². The predicted octanol–water partition coefficient (Wildman–Crippen LogP) is 0.246. The van der Waals surface area contributed by atoms with Crippen LogP contribution in [0.4, 0.5) is 0 Å². The number of sulfonamides is 1. The van der Waals surface area contributed by atoms with Crippen LogP contribution in [0.3, 0.4) is 0 Å².